The molecule has 2 atom stereocenters. The van der Waals surface area contributed by atoms with Crippen molar-refractivity contribution in [1.29, 1.82) is 0 Å². The van der Waals surface area contributed by atoms with Crippen molar-refractivity contribution in [3.05, 3.63) is 113 Å². The predicted octanol–water partition coefficient (Wildman–Crippen LogP) is 7.77. The highest BCUT2D eigenvalue weighted by Gasteiger charge is 2.50. The molecule has 9 aliphatic carbocycles. The number of sulfonamides is 4. The smallest absolute Gasteiger partial charge is 0.332 e. The zero-order valence-corrected chi connectivity index (χ0v) is 69.7. The van der Waals surface area contributed by atoms with Gasteiger partial charge in [-0.05, 0) is 281 Å². The summed E-state index contributed by atoms with van der Waals surface area (Å²) in [4.78, 5) is 58.6. The maximum atomic E-state index is 12.7. The Kier molecular flexibility index (Phi) is 22.6. The molecule has 32 heteroatoms. The highest BCUT2D eigenvalue weighted by Crippen LogP contribution is 2.46. The molecule has 1 saturated carbocycles. The van der Waals surface area contributed by atoms with Gasteiger partial charge in [0.1, 0.15) is 21.0 Å². The number of sulfone groups is 1. The van der Waals surface area contributed by atoms with Gasteiger partial charge in [-0.15, -0.1) is 0 Å². The van der Waals surface area contributed by atoms with Gasteiger partial charge in [-0.3, -0.25) is 19.6 Å². The summed E-state index contributed by atoms with van der Waals surface area (Å²) in [5.41, 5.74) is 23.8. The van der Waals surface area contributed by atoms with E-state index in [-0.39, 0.29) is 30.6 Å². The fraction of sp³-hybridized carbons (Fsp3) is 0.654. The summed E-state index contributed by atoms with van der Waals surface area (Å²) >= 11 is 0. The number of aryl methyl sites for hydroxylation is 8. The first-order chi connectivity index (χ1) is 53.8. The van der Waals surface area contributed by atoms with Crippen LogP contribution in [0.3, 0.4) is 0 Å². The molecule has 27 nitrogen and oxygen atoms in total. The van der Waals surface area contributed by atoms with Gasteiger partial charge in [0.05, 0.1) is 18.1 Å². The Balaban J connectivity index is 0.000000114. The third kappa shape index (κ3) is 16.9. The number of rotatable bonds is 17. The molecule has 113 heavy (non-hydrogen) atoms. The van der Waals surface area contributed by atoms with Crippen LogP contribution in [0.15, 0.2) is 24.3 Å². The van der Waals surface area contributed by atoms with E-state index in [2.05, 4.69) is 107 Å². The van der Waals surface area contributed by atoms with Crippen molar-refractivity contribution in [2.75, 3.05) is 98.3 Å². The average molecular weight is 1650 g/mol. The van der Waals surface area contributed by atoms with E-state index in [1.807, 2.05) is 4.90 Å². The molecule has 6 aliphatic heterocycles. The normalized spacial score (nSPS) is 23.2. The van der Waals surface area contributed by atoms with Crippen molar-refractivity contribution in [1.82, 2.24) is 38.5 Å². The molecule has 19 rings (SSSR count). The number of benzene rings is 4. The molecule has 15 aliphatic rings. The van der Waals surface area contributed by atoms with Gasteiger partial charge >= 0.3 is 24.1 Å². The van der Waals surface area contributed by atoms with Crippen LogP contribution in [0, 0.1) is 5.41 Å². The van der Waals surface area contributed by atoms with Crippen molar-refractivity contribution < 1.29 is 66.0 Å². The third-order valence-corrected chi connectivity index (χ3v) is 35.6. The Hall–Kier alpha value is -6.49. The van der Waals surface area contributed by atoms with Crippen LogP contribution in [0.4, 0.5) is 41.9 Å². The van der Waals surface area contributed by atoms with Gasteiger partial charge in [0.25, 0.3) is 0 Å². The zero-order chi connectivity index (χ0) is 79.3. The zero-order valence-electron chi connectivity index (χ0n) is 65.7. The first-order valence-electron chi connectivity index (χ1n) is 41.5. The monoisotopic (exact) mass is 1650 g/mol. The molecular weight excluding hydrogens is 1540 g/mol. The second-order valence-corrected chi connectivity index (χ2v) is 45.4. The maximum absolute atomic E-state index is 12.7. The molecule has 8 amide bonds. The molecule has 0 radical (unpaired) electrons. The number of nitrogens with one attached hydrogen (secondary N) is 8. The van der Waals surface area contributed by atoms with E-state index in [1.165, 1.54) is 77.9 Å². The van der Waals surface area contributed by atoms with Crippen LogP contribution in [-0.2, 0) is 157 Å². The number of nitrogens with zero attached hydrogens (tertiary/aromatic N) is 4. The SMILES string of the molecule is CC1(C)CC(N2CC(S(=O)(=O)NC(=O)Nc3c4c(cc5c3CCC5)CCC4)C2)C1.CCC(C)N1CC(S(=O)(=O)NC(=O)Nc2c3c(cc4c2CCC4)CCC3)C1.O=C(Nc1c2c(cc3c1CCC3)CCC2)NS(=O)(=O)C1CN(C2CCOC2)C1.O=C(Nc1c2c(cc3c1CCC3)CCC2)NS(=O)(=O)C1CN(C2CS(=O)(=O)C2)C1. The van der Waals surface area contributed by atoms with E-state index < -0.39 is 95.1 Å². The van der Waals surface area contributed by atoms with Crippen LogP contribution in [0.1, 0.15) is 194 Å². The summed E-state index contributed by atoms with van der Waals surface area (Å²) in [6, 6.07) is 7.69. The molecule has 4 aromatic carbocycles. The van der Waals surface area contributed by atoms with Crippen molar-refractivity contribution in [3.63, 3.8) is 0 Å². The van der Waals surface area contributed by atoms with Crippen LogP contribution in [0.5, 0.6) is 0 Å². The summed E-state index contributed by atoms with van der Waals surface area (Å²) in [5.74, 6) is 0.190. The quantitative estimate of drug-likeness (QED) is 0.0500. The van der Waals surface area contributed by atoms with Crippen LogP contribution in [0.2, 0.25) is 0 Å². The van der Waals surface area contributed by atoms with Gasteiger partial charge in [0.2, 0.25) is 40.1 Å². The number of hydrogen-bond acceptors (Lipinski definition) is 19. The molecule has 6 saturated heterocycles. The van der Waals surface area contributed by atoms with Gasteiger partial charge in [-0.2, -0.15) is 0 Å². The molecule has 7 fully saturated rings. The molecule has 6 heterocycles. The highest BCUT2D eigenvalue weighted by atomic mass is 32.2. The lowest BCUT2D eigenvalue weighted by atomic mass is 9.67. The minimum absolute atomic E-state index is 0.0882. The lowest BCUT2D eigenvalue weighted by molar-refractivity contribution is -0.00657. The number of urea groups is 4. The van der Waals surface area contributed by atoms with Gasteiger partial charge in [0.15, 0.2) is 9.84 Å². The van der Waals surface area contributed by atoms with E-state index in [0.29, 0.717) is 69.4 Å². The minimum Gasteiger partial charge on any atom is -0.380 e. The Morgan fingerprint density at radius 1 is 0.407 bits per heavy atom. The standard InChI is InChI=1S/C22H31N3O3S.C20H27N3O4S.C20H29N3O3S.C19H25N3O5S2/c1-22(2)10-16(11-22)25-12-17(13-25)29(27,28)24-21(26)23-20-18-7-3-5-14(18)9-15-6-4-8-19(15)20;24-20(22-28(25,26)16-10-23(11-16)15-7-8-27-12-15)21-19-17-5-1-3-13(17)9-14-4-2-6-18(14)19;1-3-13(2)23-11-16(12-23)27(25,26)22-20(24)21-19-17-8-4-6-14(17)10-15-7-5-9-18(15)19;23-19(20-18-16-5-1-3-12(16)7-13-4-2-6-17(13)18)21-29(26,27)15-8-22(9-15)14-10-28(24,25)11-14/h9,16-17H,3-8,10-13H2,1-2H3,(H2,23,24,26);9,15-16H,1-8,10-12H2,(H2,21,22,24);10,13,16H,3-9,11-12H2,1-2H3,(H2,21,22,24);7,14-15H,1-6,8-11H2,(H2,20,21,23). The van der Waals surface area contributed by atoms with Crippen molar-refractivity contribution in [2.45, 2.75) is 253 Å². The van der Waals surface area contributed by atoms with E-state index in [4.69, 9.17) is 4.74 Å². The van der Waals surface area contributed by atoms with Gasteiger partial charge in [-0.1, -0.05) is 45.0 Å². The Morgan fingerprint density at radius 3 is 0.903 bits per heavy atom. The lowest BCUT2D eigenvalue weighted by Crippen LogP contribution is -2.66. The predicted molar refractivity (Wildman–Crippen MR) is 436 cm³/mol. The van der Waals surface area contributed by atoms with Gasteiger partial charge < -0.3 is 26.0 Å². The van der Waals surface area contributed by atoms with E-state index >= 15 is 0 Å². The van der Waals surface area contributed by atoms with E-state index in [9.17, 15) is 61.3 Å². The molecule has 0 aromatic heterocycles. The number of carbonyl (C=O) groups is 4. The number of carbonyl (C=O) groups excluding carboxylic acids is 4. The maximum Gasteiger partial charge on any atom is 0.332 e. The van der Waals surface area contributed by atoms with Crippen LogP contribution < -0.4 is 40.2 Å². The summed E-state index contributed by atoms with van der Waals surface area (Å²) in [5, 5.41) is 9.35. The van der Waals surface area contributed by atoms with Gasteiger partial charge in [-0.25, -0.2) is 80.2 Å². The first kappa shape index (κ1) is 80.3. The Bertz CT molecular complexity index is 4920. The summed E-state index contributed by atoms with van der Waals surface area (Å²) < 4.78 is 138. The number of hydrogen-bond donors (Lipinski definition) is 8. The molecular formula is C81H112N12O15S5. The second kappa shape index (κ2) is 31.8. The highest BCUT2D eigenvalue weighted by molar-refractivity contribution is 7.93. The second-order valence-electron chi connectivity index (χ2n) is 35.4. The molecule has 0 bridgehead atoms. The average Bonchev–Trinajstić information content (AvgIpc) is 1.66. The fourth-order valence-electron chi connectivity index (χ4n) is 20.5. The largest absolute Gasteiger partial charge is 0.380 e. The summed E-state index contributed by atoms with van der Waals surface area (Å²) in [6.07, 6.45) is 28.7. The van der Waals surface area contributed by atoms with Crippen molar-refractivity contribution in [2.24, 2.45) is 5.41 Å². The molecule has 616 valence electrons. The van der Waals surface area contributed by atoms with Crippen LogP contribution in [-0.4, -0.2) is 208 Å². The Labute approximate surface area is 666 Å². The topological polar surface area (TPSA) is 357 Å². The van der Waals surface area contributed by atoms with Gasteiger partial charge in [0, 0.05) is 106 Å². The molecule has 4 aromatic rings. The number of fused-ring (bicyclic) bond motifs is 8. The van der Waals surface area contributed by atoms with E-state index in [0.717, 1.165) is 220 Å². The molecule has 2 unspecified atom stereocenters. The fourth-order valence-corrected chi connectivity index (χ4v) is 27.0. The molecule has 0 spiro atoms. The number of likely N-dealkylation sites (tertiary alicyclic amines) is 4. The summed E-state index contributed by atoms with van der Waals surface area (Å²) in [6.45, 7) is 13.6. The van der Waals surface area contributed by atoms with Crippen LogP contribution in [0.25, 0.3) is 0 Å². The number of amides is 8. The summed E-state index contributed by atoms with van der Waals surface area (Å²) in [7, 11) is -17.7. The van der Waals surface area contributed by atoms with Crippen molar-refractivity contribution in [3.8, 4) is 0 Å². The molecule has 8 N–H and O–H groups in total. The Morgan fingerprint density at radius 2 is 0.664 bits per heavy atom. The number of anilines is 4. The minimum atomic E-state index is -3.80. The van der Waals surface area contributed by atoms with E-state index in [1.54, 1.807) is 0 Å². The van der Waals surface area contributed by atoms with Crippen LogP contribution >= 0.6 is 0 Å². The third-order valence-electron chi connectivity index (χ3n) is 27.2. The van der Waals surface area contributed by atoms with Crippen molar-refractivity contribution >= 4 is 96.8 Å². The number of ether oxygens (including phenoxy) is 1. The lowest BCUT2D eigenvalue weighted by Gasteiger charge is -2.53. The first-order valence-corrected chi connectivity index (χ1v) is 49.5.